The maximum atomic E-state index is 11.2. The average molecular weight is 284 g/mol. The van der Waals surface area contributed by atoms with Crippen molar-refractivity contribution in [3.8, 4) is 0 Å². The zero-order chi connectivity index (χ0) is 13.9. The smallest absolute Gasteiger partial charge is 0.239 e. The number of nitrogens with two attached hydrogens (primary N) is 1. The fourth-order valence-corrected chi connectivity index (χ4v) is 2.92. The summed E-state index contributed by atoms with van der Waals surface area (Å²) < 4.78 is 22.4. The molecular formula is C12H20N4O2S. The van der Waals surface area contributed by atoms with Crippen LogP contribution in [0, 0.1) is 0 Å². The minimum atomic E-state index is -3.67. The maximum absolute atomic E-state index is 11.2. The normalized spacial score (nSPS) is 20.5. The molecule has 1 aliphatic heterocycles. The lowest BCUT2D eigenvalue weighted by molar-refractivity contribution is 0.443. The Morgan fingerprint density at radius 1 is 1.47 bits per heavy atom. The van der Waals surface area contributed by atoms with Crippen LogP contribution in [0.2, 0.25) is 0 Å². The van der Waals surface area contributed by atoms with Gasteiger partial charge in [0.2, 0.25) is 10.0 Å². The molecule has 0 amide bonds. The highest BCUT2D eigenvalue weighted by molar-refractivity contribution is 7.89. The number of sulfonamides is 1. The number of piperidine rings is 1. The predicted molar refractivity (Wildman–Crippen MR) is 74.5 cm³/mol. The first-order valence-corrected chi connectivity index (χ1v) is 7.97. The summed E-state index contributed by atoms with van der Waals surface area (Å²) in [5.41, 5.74) is 0. The van der Waals surface area contributed by atoms with E-state index in [9.17, 15) is 8.42 Å². The highest BCUT2D eigenvalue weighted by Gasteiger charge is 2.23. The van der Waals surface area contributed by atoms with E-state index >= 15 is 0 Å². The Labute approximate surface area is 114 Å². The average Bonchev–Trinajstić information content (AvgIpc) is 2.39. The van der Waals surface area contributed by atoms with Crippen LogP contribution in [0.15, 0.2) is 23.2 Å². The molecule has 19 heavy (non-hydrogen) atoms. The van der Waals surface area contributed by atoms with Gasteiger partial charge in [-0.05, 0) is 38.4 Å². The second-order valence-electron chi connectivity index (χ2n) is 4.80. The van der Waals surface area contributed by atoms with Gasteiger partial charge in [0.25, 0.3) is 0 Å². The zero-order valence-corrected chi connectivity index (χ0v) is 11.9. The fraction of sp³-hybridized carbons (Fsp3) is 0.583. The summed E-state index contributed by atoms with van der Waals surface area (Å²) in [6.45, 7) is 1.85. The van der Waals surface area contributed by atoms with Crippen molar-refractivity contribution in [2.75, 3.05) is 25.0 Å². The molecule has 2 rings (SSSR count). The van der Waals surface area contributed by atoms with E-state index in [1.807, 2.05) is 7.05 Å². The van der Waals surface area contributed by atoms with Crippen LogP contribution >= 0.6 is 0 Å². The predicted octanol–water partition coefficient (Wildman–Crippen LogP) is 0.307. The van der Waals surface area contributed by atoms with Crippen molar-refractivity contribution in [1.29, 1.82) is 0 Å². The van der Waals surface area contributed by atoms with Crippen LogP contribution in [0.4, 0.5) is 5.82 Å². The Bertz CT molecular complexity index is 513. The molecule has 2 heterocycles. The highest BCUT2D eigenvalue weighted by Crippen LogP contribution is 2.23. The monoisotopic (exact) mass is 284 g/mol. The van der Waals surface area contributed by atoms with E-state index < -0.39 is 10.0 Å². The Morgan fingerprint density at radius 2 is 2.26 bits per heavy atom. The van der Waals surface area contributed by atoms with E-state index in [0.29, 0.717) is 6.04 Å². The molecule has 1 aliphatic rings. The molecule has 1 aromatic rings. The second-order valence-corrected chi connectivity index (χ2v) is 6.36. The molecule has 1 atom stereocenters. The van der Waals surface area contributed by atoms with E-state index in [0.717, 1.165) is 31.7 Å². The SMILES string of the molecule is CNCC1CCCCN1c1ccc(S(N)(=O)=O)cn1. The summed E-state index contributed by atoms with van der Waals surface area (Å²) in [5, 5.41) is 8.26. The van der Waals surface area contributed by atoms with Crippen LogP contribution in [0.3, 0.4) is 0 Å². The van der Waals surface area contributed by atoms with Gasteiger partial charge < -0.3 is 10.2 Å². The number of pyridine rings is 1. The molecule has 7 heteroatoms. The van der Waals surface area contributed by atoms with Crippen molar-refractivity contribution < 1.29 is 8.42 Å². The van der Waals surface area contributed by atoms with Crippen LogP contribution in [0.1, 0.15) is 19.3 Å². The summed E-state index contributed by atoms with van der Waals surface area (Å²) in [6, 6.07) is 3.66. The molecule has 0 radical (unpaired) electrons. The van der Waals surface area contributed by atoms with E-state index in [1.54, 1.807) is 6.07 Å². The number of nitrogens with zero attached hydrogens (tertiary/aromatic N) is 2. The summed E-state index contributed by atoms with van der Waals surface area (Å²) >= 11 is 0. The van der Waals surface area contributed by atoms with Crippen molar-refractivity contribution >= 4 is 15.8 Å². The molecule has 1 saturated heterocycles. The van der Waals surface area contributed by atoms with E-state index in [1.165, 1.54) is 18.7 Å². The minimum Gasteiger partial charge on any atom is -0.352 e. The Morgan fingerprint density at radius 3 is 2.84 bits per heavy atom. The second kappa shape index (κ2) is 5.85. The lowest BCUT2D eigenvalue weighted by atomic mass is 10.0. The van der Waals surface area contributed by atoms with Gasteiger partial charge in [0.15, 0.2) is 0 Å². The van der Waals surface area contributed by atoms with E-state index in [4.69, 9.17) is 5.14 Å². The topological polar surface area (TPSA) is 88.3 Å². The zero-order valence-electron chi connectivity index (χ0n) is 11.0. The summed E-state index contributed by atoms with van der Waals surface area (Å²) in [4.78, 5) is 6.52. The van der Waals surface area contributed by atoms with E-state index in [2.05, 4.69) is 15.2 Å². The van der Waals surface area contributed by atoms with Crippen molar-refractivity contribution in [2.45, 2.75) is 30.2 Å². The van der Waals surface area contributed by atoms with E-state index in [-0.39, 0.29) is 4.90 Å². The van der Waals surface area contributed by atoms with Gasteiger partial charge in [0.1, 0.15) is 10.7 Å². The number of primary sulfonamides is 1. The third-order valence-corrected chi connectivity index (χ3v) is 4.31. The van der Waals surface area contributed by atoms with Crippen LogP contribution in [0.5, 0.6) is 0 Å². The van der Waals surface area contributed by atoms with Crippen molar-refractivity contribution in [3.63, 3.8) is 0 Å². The third kappa shape index (κ3) is 3.43. The summed E-state index contributed by atoms with van der Waals surface area (Å²) in [6.07, 6.45) is 4.81. The Balaban J connectivity index is 2.20. The number of hydrogen-bond donors (Lipinski definition) is 2. The molecular weight excluding hydrogens is 264 g/mol. The summed E-state index contributed by atoms with van der Waals surface area (Å²) in [5.74, 6) is 0.812. The first kappa shape index (κ1) is 14.2. The number of likely N-dealkylation sites (N-methyl/N-ethyl adjacent to an activating group) is 1. The molecule has 0 aromatic carbocycles. The van der Waals surface area contributed by atoms with Crippen LogP contribution < -0.4 is 15.4 Å². The molecule has 1 fully saturated rings. The highest BCUT2D eigenvalue weighted by atomic mass is 32.2. The summed E-state index contributed by atoms with van der Waals surface area (Å²) in [7, 11) is -1.73. The largest absolute Gasteiger partial charge is 0.352 e. The molecule has 1 aromatic heterocycles. The van der Waals surface area contributed by atoms with Gasteiger partial charge in [-0.15, -0.1) is 0 Å². The molecule has 0 saturated carbocycles. The van der Waals surface area contributed by atoms with Gasteiger partial charge in [0, 0.05) is 25.3 Å². The lowest BCUT2D eigenvalue weighted by Gasteiger charge is -2.36. The fourth-order valence-electron chi connectivity index (χ4n) is 2.46. The molecule has 6 nitrogen and oxygen atoms in total. The number of rotatable bonds is 4. The molecule has 0 bridgehead atoms. The molecule has 0 spiro atoms. The molecule has 106 valence electrons. The van der Waals surface area contributed by atoms with Gasteiger partial charge in [-0.2, -0.15) is 0 Å². The van der Waals surface area contributed by atoms with Crippen molar-refractivity contribution in [2.24, 2.45) is 5.14 Å². The van der Waals surface area contributed by atoms with Gasteiger partial charge in [-0.3, -0.25) is 0 Å². The van der Waals surface area contributed by atoms with Crippen molar-refractivity contribution in [1.82, 2.24) is 10.3 Å². The third-order valence-electron chi connectivity index (χ3n) is 3.41. The van der Waals surface area contributed by atoms with Crippen LogP contribution in [-0.2, 0) is 10.0 Å². The number of hydrogen-bond acceptors (Lipinski definition) is 5. The number of aromatic nitrogens is 1. The van der Waals surface area contributed by atoms with Crippen LogP contribution in [-0.4, -0.2) is 39.6 Å². The molecule has 3 N–H and O–H groups in total. The standard InChI is InChI=1S/C12H20N4O2S/c1-14-8-10-4-2-3-7-16(10)12-6-5-11(9-15-12)19(13,17)18/h5-6,9-10,14H,2-4,7-8H2,1H3,(H2,13,17,18). The van der Waals surface area contributed by atoms with Gasteiger partial charge in [-0.25, -0.2) is 18.5 Å². The van der Waals surface area contributed by atoms with Gasteiger partial charge in [0.05, 0.1) is 0 Å². The Kier molecular flexibility index (Phi) is 4.38. The van der Waals surface area contributed by atoms with Crippen LogP contribution in [0.25, 0.3) is 0 Å². The quantitative estimate of drug-likeness (QED) is 0.830. The first-order chi connectivity index (χ1) is 9.02. The lowest BCUT2D eigenvalue weighted by Crippen LogP contribution is -2.45. The minimum absolute atomic E-state index is 0.0541. The van der Waals surface area contributed by atoms with Gasteiger partial charge in [-0.1, -0.05) is 0 Å². The molecule has 1 unspecified atom stereocenters. The first-order valence-electron chi connectivity index (χ1n) is 6.42. The maximum Gasteiger partial charge on any atom is 0.239 e. The molecule has 0 aliphatic carbocycles. The number of anilines is 1. The van der Waals surface area contributed by atoms with Gasteiger partial charge >= 0.3 is 0 Å². The Hall–Kier alpha value is -1.18. The number of nitrogens with one attached hydrogen (secondary N) is 1. The van der Waals surface area contributed by atoms with Crippen molar-refractivity contribution in [3.05, 3.63) is 18.3 Å².